The van der Waals surface area contributed by atoms with Gasteiger partial charge in [0.25, 0.3) is 5.91 Å². The molecule has 6 heteroatoms. The van der Waals surface area contributed by atoms with E-state index in [2.05, 4.69) is 5.10 Å². The molecule has 0 radical (unpaired) electrons. The van der Waals surface area contributed by atoms with E-state index >= 15 is 0 Å². The first-order valence-corrected chi connectivity index (χ1v) is 8.16. The van der Waals surface area contributed by atoms with Crippen molar-refractivity contribution in [1.82, 2.24) is 14.7 Å². The molecule has 0 unspecified atom stereocenters. The van der Waals surface area contributed by atoms with Crippen LogP contribution in [0.3, 0.4) is 0 Å². The van der Waals surface area contributed by atoms with E-state index < -0.39 is 0 Å². The largest absolute Gasteiger partial charge is 0.393 e. The predicted octanol–water partition coefficient (Wildman–Crippen LogP) is 2.49. The fourth-order valence-electron chi connectivity index (χ4n) is 2.87. The average Bonchev–Trinajstić information content (AvgIpc) is 2.88. The van der Waals surface area contributed by atoms with Crippen molar-refractivity contribution in [3.63, 3.8) is 0 Å². The fraction of sp³-hybridized carbons (Fsp3) is 0.412. The molecular formula is C17H20ClN3O2. The van der Waals surface area contributed by atoms with Gasteiger partial charge in [-0.05, 0) is 37.5 Å². The minimum absolute atomic E-state index is 0.00764. The maximum atomic E-state index is 12.6. The normalized spacial score (nSPS) is 15.9. The Morgan fingerprint density at radius 1 is 1.39 bits per heavy atom. The van der Waals surface area contributed by atoms with E-state index in [9.17, 15) is 9.90 Å². The number of carbonyl (C=O) groups excluding carboxylic acids is 1. The summed E-state index contributed by atoms with van der Waals surface area (Å²) in [4.78, 5) is 14.4. The lowest BCUT2D eigenvalue weighted by molar-refractivity contribution is 0.0546. The average molecular weight is 334 g/mol. The molecule has 2 aromatic rings. The molecule has 3 rings (SSSR count). The van der Waals surface area contributed by atoms with E-state index in [1.807, 2.05) is 31.2 Å². The molecule has 1 N–H and O–H groups in total. The number of hydrogen-bond acceptors (Lipinski definition) is 3. The lowest BCUT2D eigenvalue weighted by Crippen LogP contribution is -2.40. The summed E-state index contributed by atoms with van der Waals surface area (Å²) >= 11 is 6.00. The number of aryl methyl sites for hydroxylation is 1. The summed E-state index contributed by atoms with van der Waals surface area (Å²) in [6, 6.07) is 7.61. The molecule has 1 fully saturated rings. The summed E-state index contributed by atoms with van der Waals surface area (Å²) in [5.74, 6) is -0.00764. The maximum Gasteiger partial charge on any atom is 0.257 e. The molecular weight excluding hydrogens is 314 g/mol. The van der Waals surface area contributed by atoms with Crippen LogP contribution in [-0.2, 0) is 6.54 Å². The first-order valence-electron chi connectivity index (χ1n) is 7.79. The topological polar surface area (TPSA) is 58.4 Å². The van der Waals surface area contributed by atoms with Crippen LogP contribution in [0.2, 0.25) is 5.02 Å². The molecule has 1 aromatic heterocycles. The molecule has 0 bridgehead atoms. The monoisotopic (exact) mass is 333 g/mol. The van der Waals surface area contributed by atoms with Crippen LogP contribution >= 0.6 is 11.6 Å². The van der Waals surface area contributed by atoms with Gasteiger partial charge in [-0.15, -0.1) is 0 Å². The first kappa shape index (κ1) is 16.0. The standard InChI is InChI=1S/C17H20ClN3O2/c1-12-16(17(23)20-7-5-15(22)6-8-20)11-21(19-12)10-13-3-2-4-14(18)9-13/h2-4,9,11,15,22H,5-8,10H2,1H3. The van der Waals surface area contributed by atoms with Crippen LogP contribution in [0, 0.1) is 6.92 Å². The molecule has 0 aliphatic carbocycles. The quantitative estimate of drug-likeness (QED) is 0.938. The van der Waals surface area contributed by atoms with Crippen LogP contribution in [0.5, 0.6) is 0 Å². The fourth-order valence-corrected chi connectivity index (χ4v) is 3.08. The molecule has 1 amide bonds. The maximum absolute atomic E-state index is 12.6. The predicted molar refractivity (Wildman–Crippen MR) is 88.7 cm³/mol. The Bertz CT molecular complexity index is 706. The van der Waals surface area contributed by atoms with Crippen LogP contribution < -0.4 is 0 Å². The zero-order valence-corrected chi connectivity index (χ0v) is 13.8. The second kappa shape index (κ2) is 6.72. The SMILES string of the molecule is Cc1nn(Cc2cccc(Cl)c2)cc1C(=O)N1CCC(O)CC1. The van der Waals surface area contributed by atoms with Crippen molar-refractivity contribution in [2.75, 3.05) is 13.1 Å². The molecule has 5 nitrogen and oxygen atoms in total. The second-order valence-electron chi connectivity index (χ2n) is 5.98. The summed E-state index contributed by atoms with van der Waals surface area (Å²) in [6.45, 7) is 3.62. The van der Waals surface area contributed by atoms with Gasteiger partial charge in [0.1, 0.15) is 0 Å². The van der Waals surface area contributed by atoms with Gasteiger partial charge in [0.15, 0.2) is 0 Å². The van der Waals surface area contributed by atoms with Crippen LogP contribution in [0.4, 0.5) is 0 Å². The number of hydrogen-bond donors (Lipinski definition) is 1. The van der Waals surface area contributed by atoms with Gasteiger partial charge in [-0.25, -0.2) is 0 Å². The molecule has 1 aliphatic heterocycles. The van der Waals surface area contributed by atoms with E-state index in [-0.39, 0.29) is 12.0 Å². The van der Waals surface area contributed by atoms with Gasteiger partial charge in [0.05, 0.1) is 23.9 Å². The van der Waals surface area contributed by atoms with E-state index in [4.69, 9.17) is 11.6 Å². The van der Waals surface area contributed by atoms with Crippen molar-refractivity contribution >= 4 is 17.5 Å². The molecule has 0 saturated carbocycles. The van der Waals surface area contributed by atoms with Gasteiger partial charge in [-0.1, -0.05) is 23.7 Å². The first-order chi connectivity index (χ1) is 11.0. The third-order valence-corrected chi connectivity index (χ3v) is 4.40. The molecule has 1 aromatic carbocycles. The Labute approximate surface area is 140 Å². The number of aliphatic hydroxyl groups is 1. The molecule has 0 spiro atoms. The lowest BCUT2D eigenvalue weighted by Gasteiger charge is -2.29. The van der Waals surface area contributed by atoms with E-state index in [1.165, 1.54) is 0 Å². The minimum atomic E-state index is -0.286. The second-order valence-corrected chi connectivity index (χ2v) is 6.42. The van der Waals surface area contributed by atoms with E-state index in [0.29, 0.717) is 43.1 Å². The van der Waals surface area contributed by atoms with Gasteiger partial charge in [-0.2, -0.15) is 5.10 Å². The number of rotatable bonds is 3. The third kappa shape index (κ3) is 3.74. The van der Waals surface area contributed by atoms with Crippen molar-refractivity contribution in [2.45, 2.75) is 32.4 Å². The summed E-state index contributed by atoms with van der Waals surface area (Å²) in [5.41, 5.74) is 2.40. The third-order valence-electron chi connectivity index (χ3n) is 4.16. The summed E-state index contributed by atoms with van der Waals surface area (Å²) in [5, 5.41) is 14.7. The number of piperidine rings is 1. The van der Waals surface area contributed by atoms with Crippen molar-refractivity contribution < 1.29 is 9.90 Å². The number of benzene rings is 1. The van der Waals surface area contributed by atoms with E-state index in [1.54, 1.807) is 15.8 Å². The molecule has 23 heavy (non-hydrogen) atoms. The highest BCUT2D eigenvalue weighted by atomic mass is 35.5. The number of carbonyl (C=O) groups is 1. The zero-order valence-electron chi connectivity index (χ0n) is 13.1. The molecule has 0 atom stereocenters. The van der Waals surface area contributed by atoms with E-state index in [0.717, 1.165) is 11.3 Å². The van der Waals surface area contributed by atoms with Gasteiger partial charge in [0, 0.05) is 24.3 Å². The summed E-state index contributed by atoms with van der Waals surface area (Å²) in [6.07, 6.45) is 2.79. The van der Waals surface area contributed by atoms with Gasteiger partial charge in [0.2, 0.25) is 0 Å². The molecule has 122 valence electrons. The number of nitrogens with zero attached hydrogens (tertiary/aromatic N) is 3. The zero-order chi connectivity index (χ0) is 16.4. The highest BCUT2D eigenvalue weighted by molar-refractivity contribution is 6.30. The van der Waals surface area contributed by atoms with Gasteiger partial charge >= 0.3 is 0 Å². The van der Waals surface area contributed by atoms with Crippen LogP contribution in [0.25, 0.3) is 0 Å². The Morgan fingerprint density at radius 3 is 2.83 bits per heavy atom. The number of aromatic nitrogens is 2. The van der Waals surface area contributed by atoms with Crippen LogP contribution in [0.1, 0.15) is 34.5 Å². The minimum Gasteiger partial charge on any atom is -0.393 e. The number of amides is 1. The Morgan fingerprint density at radius 2 is 2.13 bits per heavy atom. The summed E-state index contributed by atoms with van der Waals surface area (Å²) < 4.78 is 1.77. The van der Waals surface area contributed by atoms with Crippen LogP contribution in [0.15, 0.2) is 30.5 Å². The molecule has 1 aliphatic rings. The molecule has 2 heterocycles. The van der Waals surface area contributed by atoms with Crippen molar-refractivity contribution in [3.8, 4) is 0 Å². The Hall–Kier alpha value is -1.85. The van der Waals surface area contributed by atoms with Crippen molar-refractivity contribution in [3.05, 3.63) is 52.3 Å². The smallest absolute Gasteiger partial charge is 0.257 e. The van der Waals surface area contributed by atoms with Gasteiger partial charge in [-0.3, -0.25) is 9.48 Å². The highest BCUT2D eigenvalue weighted by Crippen LogP contribution is 2.17. The van der Waals surface area contributed by atoms with Crippen molar-refractivity contribution in [2.24, 2.45) is 0 Å². The number of likely N-dealkylation sites (tertiary alicyclic amines) is 1. The van der Waals surface area contributed by atoms with Crippen molar-refractivity contribution in [1.29, 1.82) is 0 Å². The highest BCUT2D eigenvalue weighted by Gasteiger charge is 2.24. The Kier molecular flexibility index (Phi) is 4.68. The summed E-state index contributed by atoms with van der Waals surface area (Å²) in [7, 11) is 0. The number of halogens is 1. The molecule has 1 saturated heterocycles. The lowest BCUT2D eigenvalue weighted by atomic mass is 10.1. The Balaban J connectivity index is 1.74. The van der Waals surface area contributed by atoms with Gasteiger partial charge < -0.3 is 10.0 Å². The number of aliphatic hydroxyl groups excluding tert-OH is 1. The van der Waals surface area contributed by atoms with Crippen LogP contribution in [-0.4, -0.2) is 44.9 Å².